The van der Waals surface area contributed by atoms with Gasteiger partial charge in [-0.05, 0) is 36.8 Å². The second-order valence-electron chi connectivity index (χ2n) is 4.15. The monoisotopic (exact) mass is 290 g/mol. The van der Waals surface area contributed by atoms with E-state index in [0.717, 1.165) is 5.56 Å². The third-order valence-corrected chi connectivity index (χ3v) is 2.89. The van der Waals surface area contributed by atoms with Crippen molar-refractivity contribution in [3.8, 4) is 0 Å². The molecule has 5 nitrogen and oxygen atoms in total. The Morgan fingerprint density at radius 1 is 1.20 bits per heavy atom. The van der Waals surface area contributed by atoms with Gasteiger partial charge in [0.25, 0.3) is 5.91 Å². The van der Waals surface area contributed by atoms with E-state index in [1.54, 1.807) is 12.1 Å². The lowest BCUT2D eigenvalue weighted by molar-refractivity contribution is 0.0690. The molecule has 1 heterocycles. The van der Waals surface area contributed by atoms with Crippen LogP contribution in [0.4, 0.5) is 5.69 Å². The average molecular weight is 291 g/mol. The molecule has 20 heavy (non-hydrogen) atoms. The number of anilines is 1. The summed E-state index contributed by atoms with van der Waals surface area (Å²) in [6.45, 7) is 1.88. The van der Waals surface area contributed by atoms with Crippen molar-refractivity contribution in [2.24, 2.45) is 0 Å². The number of amides is 1. The third-order valence-electron chi connectivity index (χ3n) is 2.57. The molecular weight excluding hydrogens is 280 g/mol. The molecule has 0 atom stereocenters. The van der Waals surface area contributed by atoms with Crippen LogP contribution in [0.1, 0.15) is 26.5 Å². The molecule has 2 rings (SSSR count). The number of benzene rings is 1. The Morgan fingerprint density at radius 2 is 1.90 bits per heavy atom. The fraction of sp³-hybridized carbons (Fsp3) is 0.0714. The maximum absolute atomic E-state index is 12.0. The average Bonchev–Trinajstić information content (AvgIpc) is 2.42. The molecule has 0 radical (unpaired) electrons. The van der Waals surface area contributed by atoms with Crippen LogP contribution in [-0.2, 0) is 0 Å². The first-order valence-corrected chi connectivity index (χ1v) is 6.13. The summed E-state index contributed by atoms with van der Waals surface area (Å²) >= 11 is 6.01. The molecule has 2 N–H and O–H groups in total. The number of hydrogen-bond donors (Lipinski definition) is 2. The van der Waals surface area contributed by atoms with E-state index in [1.165, 1.54) is 18.2 Å². The SMILES string of the molecule is Cc1ccc(NC(=O)c2cccc(C(=O)O)n2)c(Cl)c1. The molecule has 0 spiro atoms. The number of carbonyl (C=O) groups is 2. The number of nitrogens with one attached hydrogen (secondary N) is 1. The standard InChI is InChI=1S/C14H11ClN2O3/c1-8-5-6-10(9(15)7-8)17-13(18)11-3-2-4-12(16-11)14(19)20/h2-7H,1H3,(H,17,18)(H,19,20). The quantitative estimate of drug-likeness (QED) is 0.911. The molecule has 0 aliphatic carbocycles. The molecular formula is C14H11ClN2O3. The number of carboxylic acid groups (broad SMARTS) is 1. The predicted molar refractivity (Wildman–Crippen MR) is 75.3 cm³/mol. The topological polar surface area (TPSA) is 79.3 Å². The van der Waals surface area contributed by atoms with Crippen LogP contribution < -0.4 is 5.32 Å². The van der Waals surface area contributed by atoms with Crippen molar-refractivity contribution in [3.63, 3.8) is 0 Å². The van der Waals surface area contributed by atoms with E-state index < -0.39 is 11.9 Å². The Morgan fingerprint density at radius 3 is 2.55 bits per heavy atom. The minimum absolute atomic E-state index is 0.0153. The highest BCUT2D eigenvalue weighted by Gasteiger charge is 2.12. The molecule has 1 amide bonds. The largest absolute Gasteiger partial charge is 0.477 e. The van der Waals surface area contributed by atoms with E-state index >= 15 is 0 Å². The lowest BCUT2D eigenvalue weighted by Gasteiger charge is -2.07. The van der Waals surface area contributed by atoms with Crippen LogP contribution in [0.3, 0.4) is 0 Å². The van der Waals surface area contributed by atoms with Crippen LogP contribution in [0, 0.1) is 6.92 Å². The Bertz CT molecular complexity index is 686. The summed E-state index contributed by atoms with van der Waals surface area (Å²) in [4.78, 5) is 26.6. The predicted octanol–water partition coefficient (Wildman–Crippen LogP) is 2.99. The number of aryl methyl sites for hydroxylation is 1. The fourth-order valence-electron chi connectivity index (χ4n) is 1.59. The molecule has 102 valence electrons. The van der Waals surface area contributed by atoms with Crippen LogP contribution in [0.25, 0.3) is 0 Å². The van der Waals surface area contributed by atoms with Gasteiger partial charge in [0.2, 0.25) is 0 Å². The van der Waals surface area contributed by atoms with Gasteiger partial charge in [-0.1, -0.05) is 23.7 Å². The molecule has 0 aliphatic heterocycles. The number of carbonyl (C=O) groups excluding carboxylic acids is 1. The minimum atomic E-state index is -1.19. The zero-order valence-electron chi connectivity index (χ0n) is 10.6. The molecule has 0 bridgehead atoms. The highest BCUT2D eigenvalue weighted by Crippen LogP contribution is 2.23. The van der Waals surface area contributed by atoms with Crippen molar-refractivity contribution in [2.45, 2.75) is 6.92 Å². The van der Waals surface area contributed by atoms with Gasteiger partial charge in [0.15, 0.2) is 0 Å². The Kier molecular flexibility index (Phi) is 4.00. The van der Waals surface area contributed by atoms with Gasteiger partial charge in [-0.25, -0.2) is 9.78 Å². The molecule has 0 aliphatic rings. The molecule has 0 fully saturated rings. The number of pyridine rings is 1. The van der Waals surface area contributed by atoms with Crippen molar-refractivity contribution in [1.82, 2.24) is 4.98 Å². The second kappa shape index (κ2) is 5.71. The third kappa shape index (κ3) is 3.13. The molecule has 0 saturated carbocycles. The van der Waals surface area contributed by atoms with E-state index in [4.69, 9.17) is 16.7 Å². The van der Waals surface area contributed by atoms with Crippen LogP contribution in [0.5, 0.6) is 0 Å². The van der Waals surface area contributed by atoms with Gasteiger partial charge >= 0.3 is 5.97 Å². The summed E-state index contributed by atoms with van der Waals surface area (Å²) in [5.74, 6) is -1.70. The first-order chi connectivity index (χ1) is 9.47. The Hall–Kier alpha value is -2.40. The highest BCUT2D eigenvalue weighted by molar-refractivity contribution is 6.34. The maximum Gasteiger partial charge on any atom is 0.354 e. The summed E-state index contributed by atoms with van der Waals surface area (Å²) in [6, 6.07) is 9.42. The maximum atomic E-state index is 12.0. The van der Waals surface area contributed by atoms with Gasteiger partial charge in [-0.3, -0.25) is 4.79 Å². The fourth-order valence-corrected chi connectivity index (χ4v) is 1.87. The van der Waals surface area contributed by atoms with Crippen molar-refractivity contribution >= 4 is 29.2 Å². The van der Waals surface area contributed by atoms with Gasteiger partial charge < -0.3 is 10.4 Å². The van der Waals surface area contributed by atoms with Gasteiger partial charge in [0.05, 0.1) is 10.7 Å². The van der Waals surface area contributed by atoms with Crippen LogP contribution >= 0.6 is 11.6 Å². The van der Waals surface area contributed by atoms with Gasteiger partial charge in [-0.15, -0.1) is 0 Å². The van der Waals surface area contributed by atoms with Gasteiger partial charge in [-0.2, -0.15) is 0 Å². The van der Waals surface area contributed by atoms with E-state index in [1.807, 2.05) is 13.0 Å². The zero-order valence-corrected chi connectivity index (χ0v) is 11.3. The summed E-state index contributed by atoms with van der Waals surface area (Å²) < 4.78 is 0. The summed E-state index contributed by atoms with van der Waals surface area (Å²) in [5.41, 5.74) is 1.25. The number of halogens is 1. The molecule has 1 aromatic carbocycles. The number of rotatable bonds is 3. The first kappa shape index (κ1) is 14.0. The van der Waals surface area contributed by atoms with E-state index in [0.29, 0.717) is 10.7 Å². The van der Waals surface area contributed by atoms with Crippen molar-refractivity contribution in [1.29, 1.82) is 0 Å². The summed E-state index contributed by atoms with van der Waals surface area (Å²) in [7, 11) is 0. The van der Waals surface area contributed by atoms with Crippen molar-refractivity contribution in [3.05, 3.63) is 58.4 Å². The van der Waals surface area contributed by atoms with Crippen molar-refractivity contribution in [2.75, 3.05) is 5.32 Å². The number of hydrogen-bond acceptors (Lipinski definition) is 3. The summed E-state index contributed by atoms with van der Waals surface area (Å²) in [5, 5.41) is 11.8. The smallest absolute Gasteiger partial charge is 0.354 e. The van der Waals surface area contributed by atoms with E-state index in [9.17, 15) is 9.59 Å². The Balaban J connectivity index is 2.24. The molecule has 0 saturated heterocycles. The van der Waals surface area contributed by atoms with Gasteiger partial charge in [0.1, 0.15) is 11.4 Å². The molecule has 0 unspecified atom stereocenters. The lowest BCUT2D eigenvalue weighted by Crippen LogP contribution is -2.15. The Labute approximate surface area is 120 Å². The van der Waals surface area contributed by atoms with Crippen LogP contribution in [0.15, 0.2) is 36.4 Å². The van der Waals surface area contributed by atoms with E-state index in [2.05, 4.69) is 10.3 Å². The molecule has 6 heteroatoms. The summed E-state index contributed by atoms with van der Waals surface area (Å²) in [6.07, 6.45) is 0. The van der Waals surface area contributed by atoms with Crippen LogP contribution in [0.2, 0.25) is 5.02 Å². The minimum Gasteiger partial charge on any atom is -0.477 e. The number of carboxylic acids is 1. The zero-order chi connectivity index (χ0) is 14.7. The number of nitrogens with zero attached hydrogens (tertiary/aromatic N) is 1. The molecule has 2 aromatic rings. The normalized spacial score (nSPS) is 10.1. The highest BCUT2D eigenvalue weighted by atomic mass is 35.5. The van der Waals surface area contributed by atoms with Crippen molar-refractivity contribution < 1.29 is 14.7 Å². The second-order valence-corrected chi connectivity index (χ2v) is 4.56. The number of aromatic carboxylic acids is 1. The number of aromatic nitrogens is 1. The van der Waals surface area contributed by atoms with E-state index in [-0.39, 0.29) is 11.4 Å². The van der Waals surface area contributed by atoms with Crippen LogP contribution in [-0.4, -0.2) is 22.0 Å². The lowest BCUT2D eigenvalue weighted by atomic mass is 10.2. The van der Waals surface area contributed by atoms with Gasteiger partial charge in [0, 0.05) is 0 Å². The first-order valence-electron chi connectivity index (χ1n) is 5.75. The molecule has 1 aromatic heterocycles.